The van der Waals surface area contributed by atoms with Gasteiger partial charge in [0.15, 0.2) is 6.29 Å². The second-order valence-corrected chi connectivity index (χ2v) is 4.16. The fraction of sp³-hybridized carbons (Fsp3) is 1.00. The normalized spacial score (nSPS) is 22.9. The first-order valence-electron chi connectivity index (χ1n) is 6.32. The van der Waals surface area contributed by atoms with Gasteiger partial charge in [0.25, 0.3) is 0 Å². The van der Waals surface area contributed by atoms with Gasteiger partial charge in [0.05, 0.1) is 6.61 Å². The zero-order valence-electron chi connectivity index (χ0n) is 10.7. The van der Waals surface area contributed by atoms with Crippen molar-refractivity contribution >= 4 is 0 Å². The molecule has 0 aromatic carbocycles. The topological polar surface area (TPSA) is 39.7 Å². The molecule has 1 fully saturated rings. The minimum Gasteiger partial charge on any atom is -0.381 e. The molecule has 1 N–H and O–H groups in total. The Balaban J connectivity index is 2.18. The van der Waals surface area contributed by atoms with E-state index >= 15 is 0 Å². The summed E-state index contributed by atoms with van der Waals surface area (Å²) in [5.74, 6) is 0.629. The summed E-state index contributed by atoms with van der Waals surface area (Å²) in [6.07, 6.45) is 1.03. The molecule has 0 aromatic heterocycles. The van der Waals surface area contributed by atoms with E-state index in [2.05, 4.69) is 12.2 Å². The molecule has 0 aromatic rings. The van der Waals surface area contributed by atoms with Crippen LogP contribution in [0.15, 0.2) is 0 Å². The van der Waals surface area contributed by atoms with Crippen LogP contribution in [0.1, 0.15) is 27.2 Å². The second-order valence-electron chi connectivity index (χ2n) is 4.16. The van der Waals surface area contributed by atoms with Crippen molar-refractivity contribution in [2.24, 2.45) is 5.92 Å². The molecular formula is C12H25NO3. The lowest BCUT2D eigenvalue weighted by molar-refractivity contribution is -0.134. The Morgan fingerprint density at radius 2 is 2.00 bits per heavy atom. The van der Waals surface area contributed by atoms with Crippen LogP contribution in [0, 0.1) is 5.92 Å². The smallest absolute Gasteiger partial charge is 0.169 e. The highest BCUT2D eigenvalue weighted by Crippen LogP contribution is 2.16. The highest BCUT2D eigenvalue weighted by Gasteiger charge is 2.22. The molecule has 1 aliphatic rings. The van der Waals surface area contributed by atoms with Crippen molar-refractivity contribution < 1.29 is 14.2 Å². The monoisotopic (exact) mass is 231 g/mol. The number of ether oxygens (including phenoxy) is 3. The van der Waals surface area contributed by atoms with E-state index in [1.807, 2.05) is 13.8 Å². The fourth-order valence-corrected chi connectivity index (χ4v) is 1.93. The van der Waals surface area contributed by atoms with E-state index in [4.69, 9.17) is 14.2 Å². The zero-order valence-corrected chi connectivity index (χ0v) is 10.7. The van der Waals surface area contributed by atoms with Crippen LogP contribution < -0.4 is 5.32 Å². The Kier molecular flexibility index (Phi) is 6.96. The van der Waals surface area contributed by atoms with E-state index in [-0.39, 0.29) is 6.29 Å². The first-order chi connectivity index (χ1) is 7.77. The van der Waals surface area contributed by atoms with Crippen LogP contribution in [-0.2, 0) is 14.2 Å². The van der Waals surface area contributed by atoms with Crippen molar-refractivity contribution in [2.45, 2.75) is 39.5 Å². The van der Waals surface area contributed by atoms with Gasteiger partial charge in [-0.05, 0) is 33.1 Å². The molecule has 4 heteroatoms. The molecule has 0 bridgehead atoms. The minimum absolute atomic E-state index is 0.125. The van der Waals surface area contributed by atoms with E-state index in [1.165, 1.54) is 0 Å². The Bertz CT molecular complexity index is 164. The summed E-state index contributed by atoms with van der Waals surface area (Å²) in [6.45, 7) is 10.1. The summed E-state index contributed by atoms with van der Waals surface area (Å²) in [5.41, 5.74) is 0. The third-order valence-electron chi connectivity index (χ3n) is 2.98. The van der Waals surface area contributed by atoms with Gasteiger partial charge in [0.2, 0.25) is 0 Å². The van der Waals surface area contributed by atoms with Crippen LogP contribution in [0.5, 0.6) is 0 Å². The predicted molar refractivity (Wildman–Crippen MR) is 63.4 cm³/mol. The molecule has 1 aliphatic heterocycles. The van der Waals surface area contributed by atoms with E-state index < -0.39 is 0 Å². The molecule has 1 saturated heterocycles. The Hall–Kier alpha value is -0.160. The molecule has 16 heavy (non-hydrogen) atoms. The molecular weight excluding hydrogens is 206 g/mol. The average Bonchev–Trinajstić information content (AvgIpc) is 2.79. The first kappa shape index (κ1) is 13.9. The van der Waals surface area contributed by atoms with Gasteiger partial charge in [0, 0.05) is 32.4 Å². The molecule has 2 atom stereocenters. The maximum Gasteiger partial charge on any atom is 0.169 e. The summed E-state index contributed by atoms with van der Waals surface area (Å²) in [5, 5.41) is 3.46. The van der Waals surface area contributed by atoms with Gasteiger partial charge in [-0.15, -0.1) is 0 Å². The van der Waals surface area contributed by atoms with Crippen LogP contribution in [0.25, 0.3) is 0 Å². The van der Waals surface area contributed by atoms with Gasteiger partial charge in [-0.2, -0.15) is 0 Å². The lowest BCUT2D eigenvalue weighted by atomic mass is 10.0. The summed E-state index contributed by atoms with van der Waals surface area (Å²) in [6, 6.07) is 0.464. The van der Waals surface area contributed by atoms with E-state index in [1.54, 1.807) is 0 Å². The zero-order chi connectivity index (χ0) is 11.8. The lowest BCUT2D eigenvalue weighted by Gasteiger charge is -2.23. The summed E-state index contributed by atoms with van der Waals surface area (Å²) in [7, 11) is 0. The first-order valence-corrected chi connectivity index (χ1v) is 6.32. The molecule has 1 heterocycles. The van der Waals surface area contributed by atoms with Gasteiger partial charge >= 0.3 is 0 Å². The summed E-state index contributed by atoms with van der Waals surface area (Å²) >= 11 is 0. The van der Waals surface area contributed by atoms with Crippen molar-refractivity contribution in [3.8, 4) is 0 Å². The fourth-order valence-electron chi connectivity index (χ4n) is 1.93. The summed E-state index contributed by atoms with van der Waals surface area (Å²) < 4.78 is 16.3. The van der Waals surface area contributed by atoms with E-state index in [0.29, 0.717) is 25.2 Å². The van der Waals surface area contributed by atoms with Crippen LogP contribution >= 0.6 is 0 Å². The van der Waals surface area contributed by atoms with Crippen LogP contribution in [0.4, 0.5) is 0 Å². The number of hydrogen-bond donors (Lipinski definition) is 1. The second kappa shape index (κ2) is 8.01. The molecule has 0 spiro atoms. The van der Waals surface area contributed by atoms with Gasteiger partial charge in [-0.3, -0.25) is 0 Å². The number of rotatable bonds is 8. The molecule has 4 nitrogen and oxygen atoms in total. The SMILES string of the molecule is CCOC(CNC(C)C1CCOC1)OCC. The molecule has 2 unspecified atom stereocenters. The van der Waals surface area contributed by atoms with Gasteiger partial charge in [-0.1, -0.05) is 0 Å². The van der Waals surface area contributed by atoms with Crippen LogP contribution in [-0.4, -0.2) is 45.3 Å². The molecule has 96 valence electrons. The van der Waals surface area contributed by atoms with Gasteiger partial charge in [-0.25, -0.2) is 0 Å². The van der Waals surface area contributed by atoms with E-state index in [9.17, 15) is 0 Å². The Morgan fingerprint density at radius 1 is 1.31 bits per heavy atom. The maximum absolute atomic E-state index is 5.48. The molecule has 0 radical (unpaired) electrons. The van der Waals surface area contributed by atoms with Crippen molar-refractivity contribution in [2.75, 3.05) is 33.0 Å². The highest BCUT2D eigenvalue weighted by atomic mass is 16.7. The standard InChI is InChI=1S/C12H25NO3/c1-4-15-12(16-5-2)8-13-10(3)11-6-7-14-9-11/h10-13H,4-9H2,1-3H3. The van der Waals surface area contributed by atoms with Crippen molar-refractivity contribution in [3.05, 3.63) is 0 Å². The van der Waals surface area contributed by atoms with Gasteiger partial charge in [0.1, 0.15) is 0 Å². The maximum atomic E-state index is 5.48. The quantitative estimate of drug-likeness (QED) is 0.641. The molecule has 1 rings (SSSR count). The minimum atomic E-state index is -0.125. The number of hydrogen-bond acceptors (Lipinski definition) is 4. The van der Waals surface area contributed by atoms with Crippen molar-refractivity contribution in [1.82, 2.24) is 5.32 Å². The lowest BCUT2D eigenvalue weighted by Crippen LogP contribution is -2.40. The van der Waals surface area contributed by atoms with Gasteiger partial charge < -0.3 is 19.5 Å². The summed E-state index contributed by atoms with van der Waals surface area (Å²) in [4.78, 5) is 0. The van der Waals surface area contributed by atoms with Crippen LogP contribution in [0.2, 0.25) is 0 Å². The molecule has 0 aliphatic carbocycles. The molecule has 0 saturated carbocycles. The van der Waals surface area contributed by atoms with E-state index in [0.717, 1.165) is 26.2 Å². The number of nitrogens with one attached hydrogen (secondary N) is 1. The Morgan fingerprint density at radius 3 is 2.50 bits per heavy atom. The predicted octanol–water partition coefficient (Wildman–Crippen LogP) is 1.40. The van der Waals surface area contributed by atoms with Crippen molar-refractivity contribution in [1.29, 1.82) is 0 Å². The Labute approximate surface area is 98.6 Å². The van der Waals surface area contributed by atoms with Crippen LogP contribution in [0.3, 0.4) is 0 Å². The molecule has 0 amide bonds. The third-order valence-corrected chi connectivity index (χ3v) is 2.98. The highest BCUT2D eigenvalue weighted by molar-refractivity contribution is 4.75. The third kappa shape index (κ3) is 4.78. The van der Waals surface area contributed by atoms with Crippen molar-refractivity contribution in [3.63, 3.8) is 0 Å². The average molecular weight is 231 g/mol. The largest absolute Gasteiger partial charge is 0.381 e.